The summed E-state index contributed by atoms with van der Waals surface area (Å²) < 4.78 is 13.1. The normalized spacial score (nSPS) is 11.8. The minimum Gasteiger partial charge on any atom is -0.316 e. The Morgan fingerprint density at radius 3 is 2.75 bits per heavy atom. The number of hydrogen-bond acceptors (Lipinski definition) is 1. The summed E-state index contributed by atoms with van der Waals surface area (Å²) in [5.41, 5.74) is 0.958. The largest absolute Gasteiger partial charge is 0.316 e. The first kappa shape index (κ1) is 13.5. The lowest BCUT2D eigenvalue weighted by Crippen LogP contribution is -2.33. The van der Waals surface area contributed by atoms with Crippen LogP contribution in [-0.2, 0) is 5.41 Å². The maximum absolute atomic E-state index is 13.1. The van der Waals surface area contributed by atoms with E-state index < -0.39 is 0 Å². The highest BCUT2D eigenvalue weighted by Crippen LogP contribution is 2.22. The Morgan fingerprint density at radius 1 is 1.38 bits per heavy atom. The molecule has 3 heteroatoms. The van der Waals surface area contributed by atoms with Gasteiger partial charge in [-0.15, -0.1) is 11.6 Å². The Labute approximate surface area is 102 Å². The van der Waals surface area contributed by atoms with Gasteiger partial charge in [0.1, 0.15) is 5.82 Å². The van der Waals surface area contributed by atoms with Crippen molar-refractivity contribution < 1.29 is 4.39 Å². The first-order valence-corrected chi connectivity index (χ1v) is 6.12. The van der Waals surface area contributed by atoms with Crippen molar-refractivity contribution in [3.8, 4) is 0 Å². The van der Waals surface area contributed by atoms with Crippen molar-refractivity contribution >= 4 is 11.6 Å². The van der Waals surface area contributed by atoms with E-state index in [0.717, 1.165) is 25.1 Å². The molecular weight excluding hydrogens is 225 g/mol. The zero-order chi connectivity index (χ0) is 12.0. The zero-order valence-electron chi connectivity index (χ0n) is 9.89. The van der Waals surface area contributed by atoms with Gasteiger partial charge in [-0.3, -0.25) is 0 Å². The van der Waals surface area contributed by atoms with Crippen LogP contribution < -0.4 is 5.32 Å². The van der Waals surface area contributed by atoms with Crippen molar-refractivity contribution in [2.24, 2.45) is 0 Å². The molecule has 0 heterocycles. The summed E-state index contributed by atoms with van der Waals surface area (Å²) >= 11 is 5.60. The number of rotatable bonds is 6. The summed E-state index contributed by atoms with van der Waals surface area (Å²) in [6, 6.07) is 6.79. The van der Waals surface area contributed by atoms with Gasteiger partial charge in [-0.25, -0.2) is 4.39 Å². The van der Waals surface area contributed by atoms with E-state index >= 15 is 0 Å². The average molecular weight is 244 g/mol. The summed E-state index contributed by atoms with van der Waals surface area (Å²) in [5.74, 6) is 0.499. The molecule has 1 aromatic carbocycles. The van der Waals surface area contributed by atoms with Gasteiger partial charge in [0.2, 0.25) is 0 Å². The fourth-order valence-corrected chi connectivity index (χ4v) is 1.74. The molecule has 0 amide bonds. The third-order valence-electron chi connectivity index (χ3n) is 2.66. The molecule has 0 aliphatic rings. The van der Waals surface area contributed by atoms with E-state index in [9.17, 15) is 4.39 Å². The summed E-state index contributed by atoms with van der Waals surface area (Å²) in [6.45, 7) is 5.94. The van der Waals surface area contributed by atoms with Crippen LogP contribution in [0.15, 0.2) is 24.3 Å². The van der Waals surface area contributed by atoms with Crippen LogP contribution in [0, 0.1) is 5.82 Å². The average Bonchev–Trinajstić information content (AvgIpc) is 2.24. The molecule has 0 fully saturated rings. The number of benzene rings is 1. The lowest BCUT2D eigenvalue weighted by molar-refractivity contribution is 0.466. The number of alkyl halides is 1. The molecule has 1 N–H and O–H groups in total. The van der Waals surface area contributed by atoms with Gasteiger partial charge in [0.05, 0.1) is 0 Å². The van der Waals surface area contributed by atoms with Crippen molar-refractivity contribution in [2.75, 3.05) is 19.0 Å². The predicted molar refractivity (Wildman–Crippen MR) is 67.6 cm³/mol. The third-order valence-corrected chi connectivity index (χ3v) is 2.93. The highest BCUT2D eigenvalue weighted by Gasteiger charge is 2.20. The van der Waals surface area contributed by atoms with E-state index in [1.165, 1.54) is 6.07 Å². The smallest absolute Gasteiger partial charge is 0.123 e. The van der Waals surface area contributed by atoms with Crippen LogP contribution >= 0.6 is 11.6 Å². The molecule has 0 spiro atoms. The number of hydrogen-bond donors (Lipinski definition) is 1. The summed E-state index contributed by atoms with van der Waals surface area (Å²) in [6.07, 6.45) is 0.959. The second-order valence-corrected chi connectivity index (χ2v) is 4.99. The SMILES string of the molecule is CC(C)(CNCCCCl)c1cccc(F)c1. The fraction of sp³-hybridized carbons (Fsp3) is 0.538. The van der Waals surface area contributed by atoms with Crippen LogP contribution in [0.3, 0.4) is 0 Å². The molecule has 0 aliphatic carbocycles. The van der Waals surface area contributed by atoms with Gasteiger partial charge in [-0.1, -0.05) is 26.0 Å². The Kier molecular flexibility index (Phi) is 5.23. The Bertz CT molecular complexity index is 325. The Hall–Kier alpha value is -0.600. The molecule has 0 saturated carbocycles. The van der Waals surface area contributed by atoms with Crippen LogP contribution in [0.5, 0.6) is 0 Å². The molecule has 1 nitrogen and oxygen atoms in total. The van der Waals surface area contributed by atoms with Crippen molar-refractivity contribution in [3.63, 3.8) is 0 Å². The summed E-state index contributed by atoms with van der Waals surface area (Å²) in [7, 11) is 0. The standard InChI is InChI=1S/C13H19ClFN/c1-13(2,10-16-8-4-7-14)11-5-3-6-12(15)9-11/h3,5-6,9,16H,4,7-8,10H2,1-2H3. The molecule has 1 rings (SSSR count). The first-order chi connectivity index (χ1) is 7.56. The van der Waals surface area contributed by atoms with Gasteiger partial charge in [-0.2, -0.15) is 0 Å². The molecule has 0 saturated heterocycles. The van der Waals surface area contributed by atoms with E-state index in [1.807, 2.05) is 6.07 Å². The van der Waals surface area contributed by atoms with Gasteiger partial charge in [-0.05, 0) is 30.7 Å². The topological polar surface area (TPSA) is 12.0 Å². The number of nitrogens with one attached hydrogen (secondary N) is 1. The molecule has 0 aliphatic heterocycles. The van der Waals surface area contributed by atoms with Crippen molar-refractivity contribution in [3.05, 3.63) is 35.6 Å². The minimum absolute atomic E-state index is 0.0611. The van der Waals surface area contributed by atoms with E-state index in [1.54, 1.807) is 12.1 Å². The highest BCUT2D eigenvalue weighted by molar-refractivity contribution is 6.17. The van der Waals surface area contributed by atoms with Crippen LogP contribution in [-0.4, -0.2) is 19.0 Å². The monoisotopic (exact) mass is 243 g/mol. The second kappa shape index (κ2) is 6.21. The van der Waals surface area contributed by atoms with Gasteiger partial charge in [0.15, 0.2) is 0 Å². The van der Waals surface area contributed by atoms with Crippen molar-refractivity contribution in [1.29, 1.82) is 0 Å². The quantitative estimate of drug-likeness (QED) is 0.597. The summed E-state index contributed by atoms with van der Waals surface area (Å²) in [4.78, 5) is 0. The fourth-order valence-electron chi connectivity index (χ4n) is 1.60. The van der Waals surface area contributed by atoms with Gasteiger partial charge >= 0.3 is 0 Å². The third kappa shape index (κ3) is 4.11. The molecule has 0 unspecified atom stereocenters. The van der Waals surface area contributed by atoms with E-state index in [-0.39, 0.29) is 11.2 Å². The number of halogens is 2. The first-order valence-electron chi connectivity index (χ1n) is 5.59. The van der Waals surface area contributed by atoms with Crippen molar-refractivity contribution in [2.45, 2.75) is 25.7 Å². The molecule has 0 bridgehead atoms. The lowest BCUT2D eigenvalue weighted by atomic mass is 9.84. The molecule has 16 heavy (non-hydrogen) atoms. The van der Waals surface area contributed by atoms with Crippen LogP contribution in [0.1, 0.15) is 25.8 Å². The molecule has 0 atom stereocenters. The second-order valence-electron chi connectivity index (χ2n) is 4.61. The minimum atomic E-state index is -0.175. The van der Waals surface area contributed by atoms with Crippen LogP contribution in [0.4, 0.5) is 4.39 Å². The summed E-state index contributed by atoms with van der Waals surface area (Å²) in [5, 5.41) is 3.34. The maximum Gasteiger partial charge on any atom is 0.123 e. The van der Waals surface area contributed by atoms with E-state index in [4.69, 9.17) is 11.6 Å². The van der Waals surface area contributed by atoms with Gasteiger partial charge < -0.3 is 5.32 Å². The molecule has 0 aromatic heterocycles. The van der Waals surface area contributed by atoms with E-state index in [0.29, 0.717) is 5.88 Å². The van der Waals surface area contributed by atoms with Crippen molar-refractivity contribution in [1.82, 2.24) is 5.32 Å². The Morgan fingerprint density at radius 2 is 2.12 bits per heavy atom. The molecule has 1 aromatic rings. The molecular formula is C13H19ClFN. The lowest BCUT2D eigenvalue weighted by Gasteiger charge is -2.25. The zero-order valence-corrected chi connectivity index (χ0v) is 10.6. The van der Waals surface area contributed by atoms with Crippen LogP contribution in [0.2, 0.25) is 0 Å². The predicted octanol–water partition coefficient (Wildman–Crippen LogP) is 3.32. The molecule has 90 valence electrons. The molecule has 0 radical (unpaired) electrons. The Balaban J connectivity index is 2.55. The highest BCUT2D eigenvalue weighted by atomic mass is 35.5. The van der Waals surface area contributed by atoms with E-state index in [2.05, 4.69) is 19.2 Å². The van der Waals surface area contributed by atoms with Gasteiger partial charge in [0, 0.05) is 17.8 Å². The van der Waals surface area contributed by atoms with Crippen LogP contribution in [0.25, 0.3) is 0 Å². The van der Waals surface area contributed by atoms with Gasteiger partial charge in [0.25, 0.3) is 0 Å². The maximum atomic E-state index is 13.1.